The van der Waals surface area contributed by atoms with Gasteiger partial charge in [0.05, 0.1) is 12.8 Å². The largest absolute Gasteiger partial charge is 0.497 e. The fourth-order valence-electron chi connectivity index (χ4n) is 2.12. The predicted octanol–water partition coefficient (Wildman–Crippen LogP) is 3.71. The van der Waals surface area contributed by atoms with Gasteiger partial charge in [-0.15, -0.1) is 0 Å². The average molecular weight is 285 g/mol. The molecule has 110 valence electrons. The van der Waals surface area contributed by atoms with Crippen LogP contribution in [0.25, 0.3) is 0 Å². The van der Waals surface area contributed by atoms with Gasteiger partial charge in [0.1, 0.15) is 23.3 Å². The molecule has 0 aliphatic carbocycles. The molecule has 0 bridgehead atoms. The van der Waals surface area contributed by atoms with Crippen molar-refractivity contribution in [2.45, 2.75) is 26.3 Å². The Balaban J connectivity index is 2.43. The van der Waals surface area contributed by atoms with Crippen molar-refractivity contribution in [3.05, 3.63) is 36.0 Å². The Morgan fingerprint density at radius 2 is 2.05 bits per heavy atom. The van der Waals surface area contributed by atoms with Crippen LogP contribution in [0.1, 0.15) is 32.0 Å². The van der Waals surface area contributed by atoms with Gasteiger partial charge in [-0.2, -0.15) is 5.26 Å². The maximum absolute atomic E-state index is 9.25. The van der Waals surface area contributed by atoms with Gasteiger partial charge in [0.2, 0.25) is 5.88 Å². The highest BCUT2D eigenvalue weighted by molar-refractivity contribution is 5.57. The minimum Gasteiger partial charge on any atom is -0.497 e. The first kappa shape index (κ1) is 14.8. The van der Waals surface area contributed by atoms with Gasteiger partial charge in [0.25, 0.3) is 0 Å². The molecular weight excluding hydrogens is 266 g/mol. The number of nitrogens with zero attached hydrogens (tertiary/aromatic N) is 2. The number of nitrogens with two attached hydrogens (primary N) is 1. The topological polar surface area (TPSA) is 73.2 Å². The summed E-state index contributed by atoms with van der Waals surface area (Å²) in [5.41, 5.74) is 6.95. The van der Waals surface area contributed by atoms with E-state index in [1.54, 1.807) is 19.2 Å². The summed E-state index contributed by atoms with van der Waals surface area (Å²) in [5, 5.41) is 9.25. The first-order chi connectivity index (χ1) is 10.1. The number of ether oxygens (including phenoxy) is 2. The normalized spacial score (nSPS) is 11.7. The van der Waals surface area contributed by atoms with E-state index in [9.17, 15) is 5.26 Å². The lowest BCUT2D eigenvalue weighted by Crippen LogP contribution is -2.08. The van der Waals surface area contributed by atoms with E-state index >= 15 is 0 Å². The van der Waals surface area contributed by atoms with Crippen LogP contribution in [0.3, 0.4) is 0 Å². The van der Waals surface area contributed by atoms with Gasteiger partial charge in [0.15, 0.2) is 0 Å². The molecule has 0 aliphatic rings. The standard InChI is InChI=1S/C16H19N3O2/c1-4-11(2)19-12(10-17)8-15(18)16(19)21-14-7-5-6-13(9-14)20-3/h5-9,11H,4,18H2,1-3H3/t11-/m1/s1. The summed E-state index contributed by atoms with van der Waals surface area (Å²) in [6, 6.07) is 11.2. The van der Waals surface area contributed by atoms with Crippen LogP contribution in [0.15, 0.2) is 30.3 Å². The molecule has 0 amide bonds. The minimum absolute atomic E-state index is 0.123. The molecule has 1 heterocycles. The first-order valence-corrected chi connectivity index (χ1v) is 6.83. The molecule has 1 atom stereocenters. The number of hydrogen-bond donors (Lipinski definition) is 1. The molecule has 2 rings (SSSR count). The number of rotatable bonds is 5. The second kappa shape index (κ2) is 6.23. The summed E-state index contributed by atoms with van der Waals surface area (Å²) >= 11 is 0. The Labute approximate surface area is 124 Å². The molecule has 0 fully saturated rings. The summed E-state index contributed by atoms with van der Waals surface area (Å²) < 4.78 is 12.9. The van der Waals surface area contributed by atoms with E-state index in [2.05, 4.69) is 13.0 Å². The molecule has 0 saturated heterocycles. The summed E-state index contributed by atoms with van der Waals surface area (Å²) in [5.74, 6) is 1.82. The van der Waals surface area contributed by atoms with Crippen LogP contribution in [0, 0.1) is 11.3 Å². The lowest BCUT2D eigenvalue weighted by molar-refractivity contribution is 0.388. The SMILES string of the molecule is CC[C@@H](C)n1c(C#N)cc(N)c1Oc1cccc(OC)c1. The number of nitriles is 1. The number of hydrogen-bond acceptors (Lipinski definition) is 4. The average Bonchev–Trinajstić information content (AvgIpc) is 2.83. The minimum atomic E-state index is 0.123. The Bertz CT molecular complexity index is 671. The molecule has 0 radical (unpaired) electrons. The van der Waals surface area contributed by atoms with Crippen molar-refractivity contribution in [3.8, 4) is 23.4 Å². The number of benzene rings is 1. The van der Waals surface area contributed by atoms with Gasteiger partial charge >= 0.3 is 0 Å². The van der Waals surface area contributed by atoms with Gasteiger partial charge in [-0.3, -0.25) is 4.57 Å². The van der Waals surface area contributed by atoms with Crippen LogP contribution in [0.4, 0.5) is 5.69 Å². The van der Waals surface area contributed by atoms with Crippen LogP contribution in [-0.2, 0) is 0 Å². The number of methoxy groups -OCH3 is 1. The fourth-order valence-corrected chi connectivity index (χ4v) is 2.12. The second-order valence-corrected chi connectivity index (χ2v) is 4.81. The number of nitrogen functional groups attached to an aromatic ring is 1. The van der Waals surface area contributed by atoms with Crippen LogP contribution in [0.2, 0.25) is 0 Å². The molecular formula is C16H19N3O2. The number of anilines is 1. The van der Waals surface area contributed by atoms with Gasteiger partial charge in [-0.25, -0.2) is 0 Å². The van der Waals surface area contributed by atoms with E-state index in [1.165, 1.54) is 0 Å². The van der Waals surface area contributed by atoms with Crippen LogP contribution in [-0.4, -0.2) is 11.7 Å². The summed E-state index contributed by atoms with van der Waals surface area (Å²) in [7, 11) is 1.60. The molecule has 5 heteroatoms. The lowest BCUT2D eigenvalue weighted by Gasteiger charge is -2.17. The van der Waals surface area contributed by atoms with Crippen molar-refractivity contribution in [2.24, 2.45) is 0 Å². The quantitative estimate of drug-likeness (QED) is 0.908. The maximum Gasteiger partial charge on any atom is 0.224 e. The van der Waals surface area contributed by atoms with E-state index < -0.39 is 0 Å². The Kier molecular flexibility index (Phi) is 4.39. The molecule has 5 nitrogen and oxygen atoms in total. The van der Waals surface area contributed by atoms with Crippen LogP contribution < -0.4 is 15.2 Å². The molecule has 2 N–H and O–H groups in total. The highest BCUT2D eigenvalue weighted by Gasteiger charge is 2.19. The summed E-state index contributed by atoms with van der Waals surface area (Å²) in [4.78, 5) is 0. The third kappa shape index (κ3) is 2.95. The molecule has 2 aromatic rings. The second-order valence-electron chi connectivity index (χ2n) is 4.81. The lowest BCUT2D eigenvalue weighted by atomic mass is 10.2. The molecule has 0 saturated carbocycles. The molecule has 0 spiro atoms. The highest BCUT2D eigenvalue weighted by Crippen LogP contribution is 2.35. The zero-order valence-electron chi connectivity index (χ0n) is 12.5. The molecule has 1 aromatic carbocycles. The van der Waals surface area contributed by atoms with Crippen molar-refractivity contribution < 1.29 is 9.47 Å². The third-order valence-electron chi connectivity index (χ3n) is 3.42. The van der Waals surface area contributed by atoms with Gasteiger partial charge in [0, 0.05) is 18.2 Å². The predicted molar refractivity (Wildman–Crippen MR) is 81.6 cm³/mol. The highest BCUT2D eigenvalue weighted by atomic mass is 16.5. The van der Waals surface area contributed by atoms with Gasteiger partial charge in [-0.05, 0) is 25.5 Å². The molecule has 21 heavy (non-hydrogen) atoms. The molecule has 0 aliphatic heterocycles. The van der Waals surface area contributed by atoms with Crippen LogP contribution >= 0.6 is 0 Å². The van der Waals surface area contributed by atoms with Crippen molar-refractivity contribution in [1.82, 2.24) is 4.57 Å². The van der Waals surface area contributed by atoms with Crippen molar-refractivity contribution in [3.63, 3.8) is 0 Å². The van der Waals surface area contributed by atoms with Gasteiger partial charge < -0.3 is 15.2 Å². The maximum atomic E-state index is 9.25. The van der Waals surface area contributed by atoms with Gasteiger partial charge in [-0.1, -0.05) is 13.0 Å². The zero-order chi connectivity index (χ0) is 15.4. The smallest absolute Gasteiger partial charge is 0.224 e. The van der Waals surface area contributed by atoms with Crippen molar-refractivity contribution >= 4 is 5.69 Å². The number of aromatic nitrogens is 1. The Morgan fingerprint density at radius 3 is 2.67 bits per heavy atom. The summed E-state index contributed by atoms with van der Waals surface area (Å²) in [6.45, 7) is 4.08. The molecule has 0 unspecified atom stereocenters. The van der Waals surface area contributed by atoms with E-state index in [4.69, 9.17) is 15.2 Å². The van der Waals surface area contributed by atoms with Crippen molar-refractivity contribution in [2.75, 3.05) is 12.8 Å². The van der Waals surface area contributed by atoms with E-state index in [0.717, 1.165) is 6.42 Å². The Hall–Kier alpha value is -2.61. The first-order valence-electron chi connectivity index (χ1n) is 6.83. The van der Waals surface area contributed by atoms with Crippen molar-refractivity contribution in [1.29, 1.82) is 5.26 Å². The monoisotopic (exact) mass is 285 g/mol. The van der Waals surface area contributed by atoms with Crippen LogP contribution in [0.5, 0.6) is 17.4 Å². The third-order valence-corrected chi connectivity index (χ3v) is 3.42. The molecule has 1 aromatic heterocycles. The Morgan fingerprint density at radius 1 is 1.33 bits per heavy atom. The summed E-state index contributed by atoms with van der Waals surface area (Å²) in [6.07, 6.45) is 0.872. The zero-order valence-corrected chi connectivity index (χ0v) is 12.5. The van der Waals surface area contributed by atoms with E-state index in [1.807, 2.05) is 29.7 Å². The fraction of sp³-hybridized carbons (Fsp3) is 0.312. The van der Waals surface area contributed by atoms with E-state index in [0.29, 0.717) is 28.8 Å². The van der Waals surface area contributed by atoms with E-state index in [-0.39, 0.29) is 6.04 Å².